The van der Waals surface area contributed by atoms with E-state index in [1.165, 1.54) is 48.2 Å². The Labute approximate surface area is 137 Å². The van der Waals surface area contributed by atoms with Gasteiger partial charge in [-0.25, -0.2) is 10.0 Å². The first kappa shape index (κ1) is 14.7. The number of hydrogen-bond acceptors (Lipinski definition) is 5. The predicted octanol–water partition coefficient (Wildman–Crippen LogP) is 2.52. The van der Waals surface area contributed by atoms with E-state index in [-0.39, 0.29) is 0 Å². The van der Waals surface area contributed by atoms with Gasteiger partial charge in [-0.2, -0.15) is 0 Å². The van der Waals surface area contributed by atoms with E-state index < -0.39 is 7.12 Å². The van der Waals surface area contributed by atoms with Gasteiger partial charge in [-0.3, -0.25) is 5.53 Å². The number of aromatic nitrogens is 2. The van der Waals surface area contributed by atoms with Crippen molar-refractivity contribution < 1.29 is 0 Å². The van der Waals surface area contributed by atoms with Gasteiger partial charge in [-0.05, 0) is 63.9 Å². The van der Waals surface area contributed by atoms with Crippen molar-refractivity contribution in [1.82, 2.24) is 19.7 Å². The average molecular weight is 311 g/mol. The van der Waals surface area contributed by atoms with Crippen LogP contribution in [0.25, 0.3) is 0 Å². The Morgan fingerprint density at radius 3 is 2.65 bits per heavy atom. The van der Waals surface area contributed by atoms with Crippen molar-refractivity contribution in [1.29, 1.82) is 5.53 Å². The zero-order valence-corrected chi connectivity index (χ0v) is 14.1. The Morgan fingerprint density at radius 2 is 1.83 bits per heavy atom. The van der Waals surface area contributed by atoms with Gasteiger partial charge in [0.2, 0.25) is 0 Å². The molecule has 1 aliphatic heterocycles. The van der Waals surface area contributed by atoms with Crippen LogP contribution in [0.5, 0.6) is 0 Å². The van der Waals surface area contributed by atoms with Crippen LogP contribution < -0.4 is 5.10 Å². The minimum Gasteiger partial charge on any atom is -0.396 e. The Kier molecular flexibility index (Phi) is 3.58. The fourth-order valence-corrected chi connectivity index (χ4v) is 4.46. The second-order valence-electron chi connectivity index (χ2n) is 7.02. The van der Waals surface area contributed by atoms with Gasteiger partial charge in [0.05, 0.1) is 5.69 Å². The number of fused-ring (bicyclic) bond motifs is 1. The van der Waals surface area contributed by atoms with Crippen LogP contribution in [-0.2, 0) is 12.8 Å². The summed E-state index contributed by atoms with van der Waals surface area (Å²) in [6, 6.07) is 0. The summed E-state index contributed by atoms with van der Waals surface area (Å²) in [5.74, 6) is 0. The van der Waals surface area contributed by atoms with Gasteiger partial charge < -0.3 is 9.62 Å². The van der Waals surface area contributed by atoms with Crippen LogP contribution in [0.3, 0.4) is 0 Å². The molecule has 23 heavy (non-hydrogen) atoms. The first-order valence-electron chi connectivity index (χ1n) is 8.88. The monoisotopic (exact) mass is 311 g/mol. The Balaban J connectivity index is 1.76. The SMILES string of the molecule is CC1=[N+]N([BH-](N=N)n2nc(C)c3c2CCCC3)C2=C1CCCC2. The summed E-state index contributed by atoms with van der Waals surface area (Å²) in [6.07, 6.45) is 9.23. The van der Waals surface area contributed by atoms with Crippen molar-refractivity contribution in [3.05, 3.63) is 28.2 Å². The summed E-state index contributed by atoms with van der Waals surface area (Å²) < 4.78 is 2.04. The molecule has 0 aromatic carbocycles. The number of nitrogens with zero attached hydrogens (tertiary/aromatic N) is 5. The number of aryl methyl sites for hydroxylation is 1. The molecular formula is C16H24BN6. The molecule has 3 aliphatic rings. The van der Waals surface area contributed by atoms with Crippen molar-refractivity contribution in [2.45, 2.75) is 65.2 Å². The molecule has 2 heterocycles. The zero-order chi connectivity index (χ0) is 16.0. The lowest BCUT2D eigenvalue weighted by atomic mass is 9.87. The third kappa shape index (κ3) is 2.25. The summed E-state index contributed by atoms with van der Waals surface area (Å²) in [5.41, 5.74) is 15.4. The van der Waals surface area contributed by atoms with Crippen molar-refractivity contribution in [2.75, 3.05) is 0 Å². The third-order valence-electron chi connectivity index (χ3n) is 5.59. The maximum absolute atomic E-state index is 7.83. The lowest BCUT2D eigenvalue weighted by molar-refractivity contribution is 0.453. The van der Waals surface area contributed by atoms with Gasteiger partial charge in [0.1, 0.15) is 5.10 Å². The molecule has 7 heteroatoms. The highest BCUT2D eigenvalue weighted by molar-refractivity contribution is 6.52. The van der Waals surface area contributed by atoms with Crippen molar-refractivity contribution >= 4 is 12.8 Å². The fraction of sp³-hybridized carbons (Fsp3) is 0.625. The standard InChI is InChI=1S/C16H24BN6/c1-11-13-7-3-5-9-15(13)22(19-11)17(21-18)23-16-10-6-4-8-14(16)12(2)20-23/h17-18H,3-10H2,1-2H3. The number of hydrogen-bond donors (Lipinski definition) is 1. The Morgan fingerprint density at radius 1 is 1.09 bits per heavy atom. The molecule has 0 spiro atoms. The summed E-state index contributed by atoms with van der Waals surface area (Å²) in [4.78, 5) is 2.04. The number of rotatable bonds is 3. The molecule has 2 aliphatic carbocycles. The van der Waals surface area contributed by atoms with Gasteiger partial charge in [0, 0.05) is 23.9 Å². The van der Waals surface area contributed by atoms with E-state index in [0.717, 1.165) is 37.1 Å². The van der Waals surface area contributed by atoms with E-state index in [4.69, 9.17) is 15.7 Å². The minimum absolute atomic E-state index is 1.05. The van der Waals surface area contributed by atoms with Gasteiger partial charge in [0.25, 0.3) is 5.71 Å². The van der Waals surface area contributed by atoms with Crippen molar-refractivity contribution in [3.63, 3.8) is 0 Å². The van der Waals surface area contributed by atoms with Crippen molar-refractivity contribution in [2.24, 2.45) is 5.03 Å². The summed E-state index contributed by atoms with van der Waals surface area (Å²) >= 11 is 0. The van der Waals surface area contributed by atoms with Crippen LogP contribution in [0.4, 0.5) is 0 Å². The van der Waals surface area contributed by atoms with Gasteiger partial charge in [0.15, 0.2) is 0 Å². The lowest BCUT2D eigenvalue weighted by Gasteiger charge is -2.28. The van der Waals surface area contributed by atoms with E-state index in [1.807, 2.05) is 9.51 Å². The highest BCUT2D eigenvalue weighted by Crippen LogP contribution is 2.32. The maximum Gasteiger partial charge on any atom is 0.386 e. The van der Waals surface area contributed by atoms with Crippen LogP contribution in [0.15, 0.2) is 16.3 Å². The number of hydrazone groups is 1. The van der Waals surface area contributed by atoms with E-state index in [2.05, 4.69) is 18.9 Å². The Bertz CT molecular complexity index is 716. The van der Waals surface area contributed by atoms with E-state index >= 15 is 0 Å². The van der Waals surface area contributed by atoms with E-state index in [9.17, 15) is 0 Å². The quantitative estimate of drug-likeness (QED) is 0.688. The topological polar surface area (TPSA) is 71.4 Å². The fourth-order valence-electron chi connectivity index (χ4n) is 4.46. The smallest absolute Gasteiger partial charge is 0.386 e. The second-order valence-corrected chi connectivity index (χ2v) is 7.02. The number of nitrogens with one attached hydrogen (secondary N) is 1. The predicted molar refractivity (Wildman–Crippen MR) is 91.4 cm³/mol. The van der Waals surface area contributed by atoms with Crippen LogP contribution in [0.1, 0.15) is 62.4 Å². The first-order valence-corrected chi connectivity index (χ1v) is 8.88. The molecule has 0 saturated heterocycles. The zero-order valence-electron chi connectivity index (χ0n) is 14.1. The molecule has 0 saturated carbocycles. The average Bonchev–Trinajstić information content (AvgIpc) is 3.09. The molecule has 1 unspecified atom stereocenters. The largest absolute Gasteiger partial charge is 0.396 e. The minimum atomic E-state index is -1.45. The highest BCUT2D eigenvalue weighted by atomic mass is 15.5. The molecule has 1 radical (unpaired) electrons. The van der Waals surface area contributed by atoms with E-state index in [1.54, 1.807) is 0 Å². The van der Waals surface area contributed by atoms with Gasteiger partial charge in [-0.1, -0.05) is 0 Å². The normalized spacial score (nSPS) is 21.8. The van der Waals surface area contributed by atoms with Crippen LogP contribution in [0.2, 0.25) is 0 Å². The summed E-state index contributed by atoms with van der Waals surface area (Å²) in [6.45, 7) is 4.18. The van der Waals surface area contributed by atoms with Gasteiger partial charge in [-0.15, -0.1) is 0 Å². The summed E-state index contributed by atoms with van der Waals surface area (Å²) in [7, 11) is -1.45. The molecule has 0 fully saturated rings. The second kappa shape index (κ2) is 5.62. The molecule has 1 atom stereocenters. The number of allylic oxidation sites excluding steroid dienone is 2. The molecule has 1 N–H and O–H groups in total. The van der Waals surface area contributed by atoms with E-state index in [0.29, 0.717) is 0 Å². The molecule has 6 nitrogen and oxygen atoms in total. The van der Waals surface area contributed by atoms with Crippen LogP contribution in [0, 0.1) is 12.5 Å². The molecule has 4 rings (SSSR count). The van der Waals surface area contributed by atoms with Crippen LogP contribution in [-0.4, -0.2) is 27.4 Å². The molecule has 0 bridgehead atoms. The molecule has 1 aromatic rings. The maximum atomic E-state index is 7.83. The molecular weight excluding hydrogens is 287 g/mol. The third-order valence-corrected chi connectivity index (χ3v) is 5.59. The highest BCUT2D eigenvalue weighted by Gasteiger charge is 2.38. The summed E-state index contributed by atoms with van der Waals surface area (Å²) in [5, 5.41) is 13.6. The molecule has 121 valence electrons. The van der Waals surface area contributed by atoms with Crippen LogP contribution >= 0.6 is 0 Å². The Hall–Kier alpha value is -1.92. The lowest BCUT2D eigenvalue weighted by Crippen LogP contribution is -2.45. The van der Waals surface area contributed by atoms with Crippen molar-refractivity contribution in [3.8, 4) is 0 Å². The first-order chi connectivity index (χ1) is 11.2. The molecule has 1 aromatic heterocycles. The molecule has 0 amide bonds. The van der Waals surface area contributed by atoms with Gasteiger partial charge >= 0.3 is 7.12 Å².